The van der Waals surface area contributed by atoms with Gasteiger partial charge in [-0.3, -0.25) is 9.30 Å². The van der Waals surface area contributed by atoms with Gasteiger partial charge in [0.15, 0.2) is 5.65 Å². The summed E-state index contributed by atoms with van der Waals surface area (Å²) in [5, 5.41) is 17.0. The lowest BCUT2D eigenvalue weighted by Gasteiger charge is -2.28. The van der Waals surface area contributed by atoms with E-state index in [2.05, 4.69) is 10.2 Å². The molecule has 0 unspecified atom stereocenters. The Morgan fingerprint density at radius 2 is 1.97 bits per heavy atom. The number of rotatable bonds is 5. The van der Waals surface area contributed by atoms with Crippen LogP contribution in [0.2, 0.25) is 0 Å². The normalized spacial score (nSPS) is 11.4. The third-order valence-electron chi connectivity index (χ3n) is 4.17. The largest absolute Gasteiger partial charge is 0.496 e. The molecule has 3 rings (SSSR count). The van der Waals surface area contributed by atoms with E-state index in [0.717, 1.165) is 0 Å². The number of carbonyl (C=O) groups is 2. The van der Waals surface area contributed by atoms with E-state index in [-0.39, 0.29) is 34.9 Å². The van der Waals surface area contributed by atoms with E-state index < -0.39 is 23.5 Å². The number of anilines is 1. The number of nitrogens with zero attached hydrogens (tertiary/aromatic N) is 4. The average molecular weight is 416 g/mol. The quantitative estimate of drug-likeness (QED) is 0.678. The van der Waals surface area contributed by atoms with Crippen molar-refractivity contribution in [3.63, 3.8) is 0 Å². The number of hydrogen-bond acceptors (Lipinski definition) is 6. The predicted octanol–water partition coefficient (Wildman–Crippen LogP) is 3.52. The third kappa shape index (κ3) is 4.17. The first-order valence-electron chi connectivity index (χ1n) is 9.00. The van der Waals surface area contributed by atoms with Crippen molar-refractivity contribution in [2.24, 2.45) is 0 Å². The van der Waals surface area contributed by atoms with Crippen molar-refractivity contribution in [1.82, 2.24) is 14.6 Å². The van der Waals surface area contributed by atoms with Gasteiger partial charge in [0.2, 0.25) is 0 Å². The number of amides is 1. The van der Waals surface area contributed by atoms with Crippen LogP contribution in [0.1, 0.15) is 36.7 Å². The van der Waals surface area contributed by atoms with E-state index >= 15 is 0 Å². The second-order valence-corrected chi connectivity index (χ2v) is 7.42. The van der Waals surface area contributed by atoms with Crippen LogP contribution in [-0.2, 0) is 11.3 Å². The highest BCUT2D eigenvalue weighted by Gasteiger charge is 2.28. The van der Waals surface area contributed by atoms with Crippen LogP contribution in [0.5, 0.6) is 5.75 Å². The fraction of sp³-hybridized carbons (Fsp3) is 0.300. The van der Waals surface area contributed by atoms with Gasteiger partial charge in [0, 0.05) is 5.56 Å². The SMILES string of the molecule is COc1cccc(F)c1CN(C(=O)OC(C)(C)C)c1ccc(C(=O)O)c2nncn12. The Labute approximate surface area is 171 Å². The Morgan fingerprint density at radius 1 is 1.23 bits per heavy atom. The van der Waals surface area contributed by atoms with Crippen LogP contribution in [0.25, 0.3) is 5.65 Å². The van der Waals surface area contributed by atoms with Gasteiger partial charge in [-0.1, -0.05) is 6.07 Å². The summed E-state index contributed by atoms with van der Waals surface area (Å²) in [6, 6.07) is 7.05. The van der Waals surface area contributed by atoms with Gasteiger partial charge < -0.3 is 14.6 Å². The first-order valence-corrected chi connectivity index (χ1v) is 9.00. The molecule has 0 radical (unpaired) electrons. The van der Waals surface area contributed by atoms with Gasteiger partial charge in [-0.25, -0.2) is 14.0 Å². The number of methoxy groups -OCH3 is 1. The molecule has 0 saturated heterocycles. The zero-order valence-electron chi connectivity index (χ0n) is 16.9. The number of aromatic nitrogens is 3. The van der Waals surface area contributed by atoms with E-state index in [1.54, 1.807) is 26.8 Å². The summed E-state index contributed by atoms with van der Waals surface area (Å²) in [5.41, 5.74) is -0.741. The summed E-state index contributed by atoms with van der Waals surface area (Å²) in [5.74, 6) is -1.30. The van der Waals surface area contributed by atoms with Gasteiger partial charge in [0.1, 0.15) is 34.9 Å². The fourth-order valence-corrected chi connectivity index (χ4v) is 2.88. The maximum Gasteiger partial charge on any atom is 0.416 e. The van der Waals surface area contributed by atoms with E-state index in [1.807, 2.05) is 0 Å². The number of pyridine rings is 1. The molecule has 1 aromatic carbocycles. The van der Waals surface area contributed by atoms with E-state index in [0.29, 0.717) is 0 Å². The van der Waals surface area contributed by atoms with Crippen LogP contribution >= 0.6 is 0 Å². The van der Waals surface area contributed by atoms with Crippen molar-refractivity contribution in [2.45, 2.75) is 32.9 Å². The third-order valence-corrected chi connectivity index (χ3v) is 4.17. The second kappa shape index (κ2) is 7.97. The van der Waals surface area contributed by atoms with Crippen LogP contribution in [0.15, 0.2) is 36.7 Å². The second-order valence-electron chi connectivity index (χ2n) is 7.42. The number of fused-ring (bicyclic) bond motifs is 1. The Kier molecular flexibility index (Phi) is 5.59. The zero-order chi connectivity index (χ0) is 22.1. The summed E-state index contributed by atoms with van der Waals surface area (Å²) in [7, 11) is 1.40. The number of carbonyl (C=O) groups excluding carboxylic acids is 1. The summed E-state index contributed by atoms with van der Waals surface area (Å²) in [6.45, 7) is 4.88. The van der Waals surface area contributed by atoms with Crippen LogP contribution < -0.4 is 9.64 Å². The molecular formula is C20H21FN4O5. The van der Waals surface area contributed by atoms with Crippen molar-refractivity contribution in [3.8, 4) is 5.75 Å². The minimum absolute atomic E-state index is 0.0362. The molecule has 0 spiro atoms. The molecule has 10 heteroatoms. The standard InChI is InChI=1S/C20H21FN4O5/c1-20(2,3)30-19(28)24(10-13-14(21)6-5-7-15(13)29-4)16-9-8-12(18(26)27)17-23-22-11-25(16)17/h5-9,11H,10H2,1-4H3,(H,26,27). The molecule has 2 aromatic heterocycles. The lowest BCUT2D eigenvalue weighted by molar-refractivity contribution is 0.0575. The van der Waals surface area contributed by atoms with Gasteiger partial charge >= 0.3 is 12.1 Å². The number of halogens is 1. The molecule has 0 saturated carbocycles. The summed E-state index contributed by atoms with van der Waals surface area (Å²) < 4.78 is 26.6. The molecule has 0 fully saturated rings. The van der Waals surface area contributed by atoms with Crippen molar-refractivity contribution >= 4 is 23.5 Å². The van der Waals surface area contributed by atoms with E-state index in [4.69, 9.17) is 9.47 Å². The highest BCUT2D eigenvalue weighted by atomic mass is 19.1. The lowest BCUT2D eigenvalue weighted by Crippen LogP contribution is -2.37. The molecule has 30 heavy (non-hydrogen) atoms. The Hall–Kier alpha value is -3.69. The zero-order valence-corrected chi connectivity index (χ0v) is 16.9. The van der Waals surface area contributed by atoms with Crippen molar-refractivity contribution < 1.29 is 28.6 Å². The summed E-state index contributed by atoms with van der Waals surface area (Å²) in [6.07, 6.45) is 0.512. The van der Waals surface area contributed by atoms with Crippen LogP contribution in [0, 0.1) is 5.82 Å². The van der Waals surface area contributed by atoms with E-state index in [1.165, 1.54) is 47.0 Å². The molecule has 158 valence electrons. The van der Waals surface area contributed by atoms with Crippen molar-refractivity contribution in [3.05, 3.63) is 53.6 Å². The van der Waals surface area contributed by atoms with Crippen LogP contribution in [0.4, 0.5) is 15.0 Å². The molecule has 0 aliphatic rings. The molecule has 3 aromatic rings. The molecule has 0 aliphatic heterocycles. The molecule has 0 aliphatic carbocycles. The van der Waals surface area contributed by atoms with Gasteiger partial charge in [-0.15, -0.1) is 10.2 Å². The van der Waals surface area contributed by atoms with Crippen molar-refractivity contribution in [1.29, 1.82) is 0 Å². The Bertz CT molecular complexity index is 1110. The Balaban J connectivity index is 2.16. The van der Waals surface area contributed by atoms with Gasteiger partial charge in [0.05, 0.1) is 13.7 Å². The monoisotopic (exact) mass is 416 g/mol. The fourth-order valence-electron chi connectivity index (χ4n) is 2.88. The molecule has 0 bridgehead atoms. The number of carboxylic acid groups (broad SMARTS) is 1. The van der Waals surface area contributed by atoms with Crippen LogP contribution in [-0.4, -0.2) is 44.5 Å². The molecule has 1 amide bonds. The molecule has 1 N–H and O–H groups in total. The molecular weight excluding hydrogens is 395 g/mol. The molecule has 9 nitrogen and oxygen atoms in total. The Morgan fingerprint density at radius 3 is 2.60 bits per heavy atom. The van der Waals surface area contributed by atoms with Crippen molar-refractivity contribution in [2.75, 3.05) is 12.0 Å². The highest BCUT2D eigenvalue weighted by molar-refractivity contribution is 5.96. The minimum Gasteiger partial charge on any atom is -0.496 e. The summed E-state index contributed by atoms with van der Waals surface area (Å²) >= 11 is 0. The van der Waals surface area contributed by atoms with Gasteiger partial charge in [-0.2, -0.15) is 0 Å². The number of aromatic carboxylic acids is 1. The smallest absolute Gasteiger partial charge is 0.416 e. The highest BCUT2D eigenvalue weighted by Crippen LogP contribution is 2.28. The van der Waals surface area contributed by atoms with Gasteiger partial charge in [-0.05, 0) is 45.0 Å². The lowest BCUT2D eigenvalue weighted by atomic mass is 10.1. The first-order chi connectivity index (χ1) is 14.1. The van der Waals surface area contributed by atoms with E-state index in [9.17, 15) is 19.1 Å². The first kappa shape index (κ1) is 21.0. The number of carboxylic acids is 1. The predicted molar refractivity (Wildman–Crippen MR) is 105 cm³/mol. The topological polar surface area (TPSA) is 106 Å². The number of ether oxygens (including phenoxy) is 2. The summed E-state index contributed by atoms with van der Waals surface area (Å²) in [4.78, 5) is 25.7. The number of hydrogen-bond donors (Lipinski definition) is 1. The molecule has 0 atom stereocenters. The van der Waals surface area contributed by atoms with Gasteiger partial charge in [0.25, 0.3) is 0 Å². The maximum atomic E-state index is 14.6. The minimum atomic E-state index is -1.20. The molecule has 2 heterocycles. The number of benzene rings is 1. The average Bonchev–Trinajstić information content (AvgIpc) is 3.14. The van der Waals surface area contributed by atoms with Crippen LogP contribution in [0.3, 0.4) is 0 Å². The maximum absolute atomic E-state index is 14.6.